The molecule has 2 rings (SSSR count). The number of halogens is 3. The molecule has 1 amide bonds. The highest BCUT2D eigenvalue weighted by Crippen LogP contribution is 2.35. The molecule has 2 aromatic rings. The molecule has 0 saturated carbocycles. The maximum absolute atomic E-state index is 12.3. The molecule has 0 saturated heterocycles. The van der Waals surface area contributed by atoms with Gasteiger partial charge < -0.3 is 15.2 Å². The number of benzene rings is 2. The number of rotatable bonds is 4. The number of hydrogen-bond donors (Lipinski definition) is 2. The van der Waals surface area contributed by atoms with Crippen molar-refractivity contribution in [2.75, 3.05) is 12.4 Å². The van der Waals surface area contributed by atoms with Gasteiger partial charge in [0.25, 0.3) is 5.91 Å². The molecule has 0 bridgehead atoms. The Bertz CT molecular complexity index is 887. The van der Waals surface area contributed by atoms with Gasteiger partial charge in [-0.05, 0) is 57.9 Å². The number of ether oxygens (including phenoxy) is 1. The molecular weight excluding hydrogens is 431 g/mol. The summed E-state index contributed by atoms with van der Waals surface area (Å²) in [6.45, 7) is 0. The van der Waals surface area contributed by atoms with Gasteiger partial charge in [0.1, 0.15) is 11.6 Å². The molecule has 8 heteroatoms. The normalized spacial score (nSPS) is 10.9. The standard InChI is InChI=1S/C17H11BrCl2N2O3/c1-25-15-4-9(3-14(18)16(15)23)2-10(8-21)17(24)22-13-6-11(19)5-12(20)7-13/h2-7,23H,1H3,(H,22,24). The van der Waals surface area contributed by atoms with E-state index in [4.69, 9.17) is 27.9 Å². The van der Waals surface area contributed by atoms with E-state index in [9.17, 15) is 15.2 Å². The number of phenols is 1. The summed E-state index contributed by atoms with van der Waals surface area (Å²) in [5, 5.41) is 22.4. The van der Waals surface area contributed by atoms with E-state index in [1.165, 1.54) is 37.5 Å². The van der Waals surface area contributed by atoms with Gasteiger partial charge in [-0.1, -0.05) is 23.2 Å². The minimum atomic E-state index is -0.621. The summed E-state index contributed by atoms with van der Waals surface area (Å²) in [6, 6.07) is 9.45. The number of carbonyl (C=O) groups is 1. The van der Waals surface area contributed by atoms with E-state index in [1.807, 2.05) is 6.07 Å². The van der Waals surface area contributed by atoms with Gasteiger partial charge in [0.05, 0.1) is 11.6 Å². The molecule has 2 aromatic carbocycles. The third kappa shape index (κ3) is 4.89. The number of nitriles is 1. The van der Waals surface area contributed by atoms with Crippen LogP contribution in [0.3, 0.4) is 0 Å². The van der Waals surface area contributed by atoms with Gasteiger partial charge in [0, 0.05) is 15.7 Å². The summed E-state index contributed by atoms with van der Waals surface area (Å²) >= 11 is 15.0. The quantitative estimate of drug-likeness (QED) is 0.515. The predicted octanol–water partition coefficient (Wildman–Crippen LogP) is 5.02. The van der Waals surface area contributed by atoms with Crippen molar-refractivity contribution in [3.63, 3.8) is 0 Å². The average Bonchev–Trinajstić information content (AvgIpc) is 2.54. The molecule has 0 spiro atoms. The first-order valence-corrected chi connectivity index (χ1v) is 8.34. The number of carbonyl (C=O) groups excluding carboxylic acids is 1. The Labute approximate surface area is 162 Å². The van der Waals surface area contributed by atoms with Gasteiger partial charge in [-0.2, -0.15) is 5.26 Å². The monoisotopic (exact) mass is 440 g/mol. The molecule has 0 aliphatic rings. The topological polar surface area (TPSA) is 82.3 Å². The first kappa shape index (κ1) is 19.1. The second-order valence-electron chi connectivity index (χ2n) is 4.84. The zero-order valence-electron chi connectivity index (χ0n) is 12.8. The zero-order chi connectivity index (χ0) is 18.6. The second-order valence-corrected chi connectivity index (χ2v) is 6.56. The number of phenolic OH excluding ortho intramolecular Hbond substituents is 1. The smallest absolute Gasteiger partial charge is 0.266 e. The van der Waals surface area contributed by atoms with Crippen LogP contribution >= 0.6 is 39.1 Å². The molecule has 5 nitrogen and oxygen atoms in total. The molecule has 0 heterocycles. The van der Waals surface area contributed by atoms with E-state index in [0.717, 1.165) is 0 Å². The molecule has 128 valence electrons. The number of anilines is 1. The van der Waals surface area contributed by atoms with Crippen molar-refractivity contribution in [3.05, 3.63) is 56.0 Å². The summed E-state index contributed by atoms with van der Waals surface area (Å²) < 4.78 is 5.41. The van der Waals surface area contributed by atoms with Crippen molar-refractivity contribution in [1.29, 1.82) is 5.26 Å². The highest BCUT2D eigenvalue weighted by Gasteiger charge is 2.13. The maximum Gasteiger partial charge on any atom is 0.266 e. The van der Waals surface area contributed by atoms with E-state index in [0.29, 0.717) is 25.8 Å². The Hall–Kier alpha value is -2.20. The first-order valence-electron chi connectivity index (χ1n) is 6.79. The third-order valence-electron chi connectivity index (χ3n) is 3.07. The van der Waals surface area contributed by atoms with Crippen LogP contribution in [0.2, 0.25) is 10.0 Å². The third-order valence-corrected chi connectivity index (χ3v) is 4.11. The number of hydrogen-bond acceptors (Lipinski definition) is 4. The molecular formula is C17H11BrCl2N2O3. The first-order chi connectivity index (χ1) is 11.8. The van der Waals surface area contributed by atoms with Gasteiger partial charge in [-0.15, -0.1) is 0 Å². The highest BCUT2D eigenvalue weighted by atomic mass is 79.9. The summed E-state index contributed by atoms with van der Waals surface area (Å²) in [7, 11) is 1.40. The van der Waals surface area contributed by atoms with Gasteiger partial charge in [-0.25, -0.2) is 0 Å². The summed E-state index contributed by atoms with van der Waals surface area (Å²) in [5.74, 6) is -0.486. The van der Waals surface area contributed by atoms with Crippen molar-refractivity contribution in [2.24, 2.45) is 0 Å². The summed E-state index contributed by atoms with van der Waals surface area (Å²) in [6.07, 6.45) is 1.37. The number of amides is 1. The Kier molecular flexibility index (Phi) is 6.32. The lowest BCUT2D eigenvalue weighted by molar-refractivity contribution is -0.112. The van der Waals surface area contributed by atoms with Crippen LogP contribution in [-0.4, -0.2) is 18.1 Å². The van der Waals surface area contributed by atoms with Crippen LogP contribution in [0.15, 0.2) is 40.4 Å². The number of methoxy groups -OCH3 is 1. The second kappa shape index (κ2) is 8.26. The molecule has 25 heavy (non-hydrogen) atoms. The summed E-state index contributed by atoms with van der Waals surface area (Å²) in [5.41, 5.74) is 0.723. The van der Waals surface area contributed by atoms with Gasteiger partial charge in [0.2, 0.25) is 0 Å². The lowest BCUT2D eigenvalue weighted by atomic mass is 10.1. The number of nitrogens with zero attached hydrogens (tertiary/aromatic N) is 1. The Balaban J connectivity index is 2.32. The van der Waals surface area contributed by atoms with Crippen molar-refractivity contribution >= 4 is 56.8 Å². The minimum absolute atomic E-state index is 0.0730. The molecule has 0 fully saturated rings. The minimum Gasteiger partial charge on any atom is -0.503 e. The molecule has 0 aliphatic heterocycles. The van der Waals surface area contributed by atoms with Crippen molar-refractivity contribution < 1.29 is 14.6 Å². The van der Waals surface area contributed by atoms with Crippen LogP contribution in [0, 0.1) is 11.3 Å². The zero-order valence-corrected chi connectivity index (χ0v) is 15.9. The molecule has 2 N–H and O–H groups in total. The molecule has 0 aromatic heterocycles. The lowest BCUT2D eigenvalue weighted by Crippen LogP contribution is -2.13. The predicted molar refractivity (Wildman–Crippen MR) is 101 cm³/mol. The van der Waals surface area contributed by atoms with E-state index < -0.39 is 5.91 Å². The van der Waals surface area contributed by atoms with Crippen molar-refractivity contribution in [2.45, 2.75) is 0 Å². The van der Waals surface area contributed by atoms with Crippen LogP contribution < -0.4 is 10.1 Å². The Morgan fingerprint density at radius 1 is 1.28 bits per heavy atom. The van der Waals surface area contributed by atoms with Gasteiger partial charge in [-0.3, -0.25) is 4.79 Å². The number of nitrogens with one attached hydrogen (secondary N) is 1. The number of aromatic hydroxyl groups is 1. The average molecular weight is 442 g/mol. The molecule has 0 unspecified atom stereocenters. The van der Waals surface area contributed by atoms with Crippen LogP contribution in [-0.2, 0) is 4.79 Å². The van der Waals surface area contributed by atoms with E-state index in [-0.39, 0.29) is 17.1 Å². The Morgan fingerprint density at radius 3 is 2.48 bits per heavy atom. The highest BCUT2D eigenvalue weighted by molar-refractivity contribution is 9.10. The van der Waals surface area contributed by atoms with Crippen molar-refractivity contribution in [3.8, 4) is 17.6 Å². The largest absolute Gasteiger partial charge is 0.503 e. The SMILES string of the molecule is COc1cc(C=C(C#N)C(=O)Nc2cc(Cl)cc(Cl)c2)cc(Br)c1O. The molecule has 0 atom stereocenters. The Morgan fingerprint density at radius 2 is 1.92 bits per heavy atom. The van der Waals surface area contributed by atoms with E-state index in [2.05, 4.69) is 21.2 Å². The molecule has 0 radical (unpaired) electrons. The van der Waals surface area contributed by atoms with Crippen LogP contribution in [0.1, 0.15) is 5.56 Å². The fourth-order valence-electron chi connectivity index (χ4n) is 1.97. The van der Waals surface area contributed by atoms with Crippen LogP contribution in [0.5, 0.6) is 11.5 Å². The fourth-order valence-corrected chi connectivity index (χ4v) is 2.96. The molecule has 0 aliphatic carbocycles. The maximum atomic E-state index is 12.3. The summed E-state index contributed by atoms with van der Waals surface area (Å²) in [4.78, 5) is 12.3. The lowest BCUT2D eigenvalue weighted by Gasteiger charge is -2.08. The van der Waals surface area contributed by atoms with Gasteiger partial charge >= 0.3 is 0 Å². The van der Waals surface area contributed by atoms with E-state index in [1.54, 1.807) is 6.07 Å². The van der Waals surface area contributed by atoms with Gasteiger partial charge in [0.15, 0.2) is 11.5 Å². The fraction of sp³-hybridized carbons (Fsp3) is 0.0588. The van der Waals surface area contributed by atoms with Crippen LogP contribution in [0.4, 0.5) is 5.69 Å². The van der Waals surface area contributed by atoms with E-state index >= 15 is 0 Å². The van der Waals surface area contributed by atoms with Crippen LogP contribution in [0.25, 0.3) is 6.08 Å². The van der Waals surface area contributed by atoms with Crippen molar-refractivity contribution in [1.82, 2.24) is 0 Å².